The van der Waals surface area contributed by atoms with E-state index in [0.29, 0.717) is 11.6 Å². The molecule has 0 atom stereocenters. The fraction of sp³-hybridized carbons (Fsp3) is 0.263. The van der Waals surface area contributed by atoms with E-state index in [0.717, 1.165) is 42.5 Å². The zero-order chi connectivity index (χ0) is 17.9. The van der Waals surface area contributed by atoms with Gasteiger partial charge in [0.05, 0.1) is 25.3 Å². The summed E-state index contributed by atoms with van der Waals surface area (Å²) in [5.41, 5.74) is 1.05. The highest BCUT2D eigenvalue weighted by molar-refractivity contribution is 7.16. The number of morpholine rings is 1. The summed E-state index contributed by atoms with van der Waals surface area (Å²) in [7, 11) is 1.61. The third-order valence-corrected chi connectivity index (χ3v) is 5.26. The largest absolute Gasteiger partial charge is 0.497 e. The first kappa shape index (κ1) is 16.8. The van der Waals surface area contributed by atoms with E-state index in [9.17, 15) is 4.79 Å². The Morgan fingerprint density at radius 2 is 1.92 bits per heavy atom. The summed E-state index contributed by atoms with van der Waals surface area (Å²) < 4.78 is 15.8. The first-order valence-corrected chi connectivity index (χ1v) is 9.14. The van der Waals surface area contributed by atoms with Crippen LogP contribution in [-0.4, -0.2) is 45.3 Å². The van der Waals surface area contributed by atoms with Crippen LogP contribution in [0, 0.1) is 0 Å². The molecule has 2 aromatic rings. The lowest BCUT2D eigenvalue weighted by Gasteiger charge is -2.27. The lowest BCUT2D eigenvalue weighted by Crippen LogP contribution is -2.35. The second kappa shape index (κ2) is 7.31. The van der Waals surface area contributed by atoms with Crippen molar-refractivity contribution in [3.05, 3.63) is 52.5 Å². The van der Waals surface area contributed by atoms with Crippen LogP contribution in [0.5, 0.6) is 5.75 Å². The van der Waals surface area contributed by atoms with Crippen LogP contribution in [0.4, 0.5) is 5.00 Å². The number of ether oxygens (including phenoxy) is 3. The maximum atomic E-state index is 12.1. The maximum Gasteiger partial charge on any atom is 0.363 e. The van der Waals surface area contributed by atoms with Crippen LogP contribution in [0.1, 0.15) is 10.4 Å². The van der Waals surface area contributed by atoms with Gasteiger partial charge < -0.3 is 19.1 Å². The molecule has 1 fully saturated rings. The van der Waals surface area contributed by atoms with E-state index < -0.39 is 5.97 Å². The van der Waals surface area contributed by atoms with Crippen LogP contribution >= 0.6 is 11.3 Å². The van der Waals surface area contributed by atoms with Crippen molar-refractivity contribution in [3.63, 3.8) is 0 Å². The van der Waals surface area contributed by atoms with E-state index in [1.165, 1.54) is 5.00 Å². The Balaban J connectivity index is 1.53. The van der Waals surface area contributed by atoms with Gasteiger partial charge in [0.15, 0.2) is 5.70 Å². The number of methoxy groups -OCH3 is 1. The SMILES string of the molecule is COc1ccc(C2=N/C(=C\c3ccc(N4CCOCC4)s3)C(=O)O2)cc1. The quantitative estimate of drug-likeness (QED) is 0.612. The monoisotopic (exact) mass is 370 g/mol. The molecule has 26 heavy (non-hydrogen) atoms. The van der Waals surface area contributed by atoms with Crippen molar-refractivity contribution < 1.29 is 19.0 Å². The summed E-state index contributed by atoms with van der Waals surface area (Å²) >= 11 is 1.63. The van der Waals surface area contributed by atoms with Gasteiger partial charge in [0, 0.05) is 23.5 Å². The van der Waals surface area contributed by atoms with Crippen molar-refractivity contribution in [1.82, 2.24) is 0 Å². The molecule has 2 aliphatic rings. The van der Waals surface area contributed by atoms with Gasteiger partial charge in [-0.25, -0.2) is 9.79 Å². The maximum absolute atomic E-state index is 12.1. The fourth-order valence-electron chi connectivity index (χ4n) is 2.77. The molecule has 1 aromatic heterocycles. The van der Waals surface area contributed by atoms with Crippen molar-refractivity contribution >= 4 is 34.3 Å². The number of anilines is 1. The van der Waals surface area contributed by atoms with Crippen LogP contribution in [0.3, 0.4) is 0 Å². The predicted molar refractivity (Wildman–Crippen MR) is 101 cm³/mol. The van der Waals surface area contributed by atoms with Gasteiger partial charge in [-0.2, -0.15) is 0 Å². The molecule has 0 radical (unpaired) electrons. The zero-order valence-electron chi connectivity index (χ0n) is 14.3. The summed E-state index contributed by atoms with van der Waals surface area (Å²) in [5.74, 6) is 0.620. The third kappa shape index (κ3) is 3.49. The predicted octanol–water partition coefficient (Wildman–Crippen LogP) is 2.94. The molecule has 7 heteroatoms. The minimum Gasteiger partial charge on any atom is -0.497 e. The van der Waals surface area contributed by atoms with Gasteiger partial charge >= 0.3 is 5.97 Å². The van der Waals surface area contributed by atoms with Crippen LogP contribution in [0.25, 0.3) is 6.08 Å². The normalized spacial score (nSPS) is 18.8. The lowest BCUT2D eigenvalue weighted by atomic mass is 10.2. The van der Waals surface area contributed by atoms with Crippen LogP contribution in [0.15, 0.2) is 47.1 Å². The van der Waals surface area contributed by atoms with Crippen molar-refractivity contribution in [2.75, 3.05) is 38.3 Å². The van der Waals surface area contributed by atoms with Crippen LogP contribution in [0.2, 0.25) is 0 Å². The van der Waals surface area contributed by atoms with E-state index >= 15 is 0 Å². The number of nitrogens with zero attached hydrogens (tertiary/aromatic N) is 2. The van der Waals surface area contributed by atoms with E-state index in [1.807, 2.05) is 18.2 Å². The van der Waals surface area contributed by atoms with Crippen molar-refractivity contribution in [2.45, 2.75) is 0 Å². The topological polar surface area (TPSA) is 60.4 Å². The first-order valence-electron chi connectivity index (χ1n) is 8.32. The van der Waals surface area contributed by atoms with Gasteiger partial charge in [-0.15, -0.1) is 11.3 Å². The average molecular weight is 370 g/mol. The molecule has 6 nitrogen and oxygen atoms in total. The van der Waals surface area contributed by atoms with E-state index in [4.69, 9.17) is 14.2 Å². The highest BCUT2D eigenvalue weighted by Crippen LogP contribution is 2.29. The number of esters is 1. The van der Waals surface area contributed by atoms with Gasteiger partial charge in [-0.1, -0.05) is 0 Å². The number of thiophene rings is 1. The molecule has 2 aliphatic heterocycles. The van der Waals surface area contributed by atoms with Crippen molar-refractivity contribution in [2.24, 2.45) is 4.99 Å². The number of rotatable bonds is 4. The van der Waals surface area contributed by atoms with Gasteiger partial charge in [-0.3, -0.25) is 0 Å². The number of hydrogen-bond acceptors (Lipinski definition) is 7. The highest BCUT2D eigenvalue weighted by atomic mass is 32.1. The molecule has 0 unspecified atom stereocenters. The minimum atomic E-state index is -0.433. The smallest absolute Gasteiger partial charge is 0.363 e. The summed E-state index contributed by atoms with van der Waals surface area (Å²) in [6.45, 7) is 3.27. The Hall–Kier alpha value is -2.64. The highest BCUT2D eigenvalue weighted by Gasteiger charge is 2.24. The Kier molecular flexibility index (Phi) is 4.73. The lowest BCUT2D eigenvalue weighted by molar-refractivity contribution is -0.129. The number of carbonyl (C=O) groups excluding carboxylic acids is 1. The molecule has 1 aromatic carbocycles. The third-order valence-electron chi connectivity index (χ3n) is 4.17. The summed E-state index contributed by atoms with van der Waals surface area (Å²) in [5, 5.41) is 1.17. The Morgan fingerprint density at radius 3 is 2.65 bits per heavy atom. The Bertz CT molecular complexity index is 864. The van der Waals surface area contributed by atoms with Gasteiger partial charge in [0.25, 0.3) is 0 Å². The number of carbonyl (C=O) groups is 1. The summed E-state index contributed by atoms with van der Waals surface area (Å²) in [6, 6.07) is 11.3. The number of aliphatic imine (C=N–C) groups is 1. The van der Waals surface area contributed by atoms with Crippen LogP contribution < -0.4 is 9.64 Å². The minimum absolute atomic E-state index is 0.311. The Labute approximate surface area is 155 Å². The number of cyclic esters (lactones) is 1. The van der Waals surface area contributed by atoms with E-state index in [2.05, 4.69) is 16.0 Å². The molecule has 0 N–H and O–H groups in total. The second-order valence-electron chi connectivity index (χ2n) is 5.84. The second-order valence-corrected chi connectivity index (χ2v) is 6.93. The molecular weight excluding hydrogens is 352 g/mol. The number of hydrogen-bond donors (Lipinski definition) is 0. The molecule has 0 saturated carbocycles. The van der Waals surface area contributed by atoms with Crippen molar-refractivity contribution in [1.29, 1.82) is 0 Å². The molecule has 134 valence electrons. The average Bonchev–Trinajstić information content (AvgIpc) is 3.30. The van der Waals surface area contributed by atoms with Crippen LogP contribution in [-0.2, 0) is 14.3 Å². The van der Waals surface area contributed by atoms with Gasteiger partial charge in [0.2, 0.25) is 5.90 Å². The fourth-order valence-corrected chi connectivity index (χ4v) is 3.77. The Morgan fingerprint density at radius 1 is 1.15 bits per heavy atom. The summed E-state index contributed by atoms with van der Waals surface area (Å²) in [6.07, 6.45) is 1.77. The number of benzene rings is 1. The standard InChI is InChI=1S/C19H18N2O4S/c1-23-14-4-2-13(3-5-14)18-20-16(19(22)25-18)12-15-6-7-17(26-15)21-8-10-24-11-9-21/h2-7,12H,8-11H2,1H3/b16-12-. The van der Waals surface area contributed by atoms with Gasteiger partial charge in [0.1, 0.15) is 5.75 Å². The molecule has 4 rings (SSSR count). The zero-order valence-corrected chi connectivity index (χ0v) is 15.1. The van der Waals surface area contributed by atoms with E-state index in [-0.39, 0.29) is 0 Å². The van der Waals surface area contributed by atoms with E-state index in [1.54, 1.807) is 36.7 Å². The van der Waals surface area contributed by atoms with Crippen molar-refractivity contribution in [3.8, 4) is 5.75 Å². The molecule has 1 saturated heterocycles. The summed E-state index contributed by atoms with van der Waals surface area (Å²) in [4.78, 5) is 19.7. The molecule has 0 aliphatic carbocycles. The molecule has 0 spiro atoms. The molecule has 0 bridgehead atoms. The molecular formula is C19H18N2O4S. The van der Waals surface area contributed by atoms with Gasteiger partial charge in [-0.05, 0) is 42.5 Å². The molecule has 3 heterocycles. The first-order chi connectivity index (χ1) is 12.7. The molecule has 0 amide bonds.